The van der Waals surface area contributed by atoms with Crippen LogP contribution in [-0.4, -0.2) is 33.4 Å². The molecule has 1 heterocycles. The first-order valence-corrected chi connectivity index (χ1v) is 12.8. The molecule has 9 nitrogen and oxygen atoms in total. The fourth-order valence-corrected chi connectivity index (χ4v) is 6.73. The van der Waals surface area contributed by atoms with Crippen LogP contribution in [0.2, 0.25) is 5.02 Å². The molecule has 4 atom stereocenters. The van der Waals surface area contributed by atoms with Crippen molar-refractivity contribution in [3.05, 3.63) is 97.6 Å². The normalized spacial score (nSPS) is 26.2. The van der Waals surface area contributed by atoms with Crippen molar-refractivity contribution in [2.45, 2.75) is 25.7 Å². The minimum atomic E-state index is -0.782. The summed E-state index contributed by atoms with van der Waals surface area (Å²) in [6.45, 7) is 1.58. The maximum absolute atomic E-state index is 13.8. The minimum absolute atomic E-state index is 0.0552. The summed E-state index contributed by atoms with van der Waals surface area (Å²) in [4.78, 5) is 65.5. The van der Waals surface area contributed by atoms with Gasteiger partial charge < -0.3 is 5.11 Å². The highest BCUT2D eigenvalue weighted by Crippen LogP contribution is 2.56. The SMILES string of the molecule is CC1=CC(=O)C2=C(C1=O)C(c1ccc(O)cc1Cl)C1=CCC3C(=O)N(c4ccc([N+](=O)[O-])cc4)C(=O)C3C1C2. The Morgan fingerprint density at radius 2 is 1.74 bits per heavy atom. The molecule has 39 heavy (non-hydrogen) atoms. The molecule has 1 saturated heterocycles. The second-order valence-corrected chi connectivity index (χ2v) is 10.6. The molecule has 0 spiro atoms. The van der Waals surface area contributed by atoms with Crippen molar-refractivity contribution in [3.8, 4) is 5.75 Å². The average molecular weight is 545 g/mol. The van der Waals surface area contributed by atoms with E-state index in [2.05, 4.69) is 0 Å². The number of anilines is 1. The Hall–Kier alpha value is -4.37. The molecule has 3 aliphatic carbocycles. The number of phenols is 1. The van der Waals surface area contributed by atoms with Gasteiger partial charge in [-0.05, 0) is 61.6 Å². The molecule has 1 aliphatic heterocycles. The summed E-state index contributed by atoms with van der Waals surface area (Å²) in [6, 6.07) is 9.65. The average Bonchev–Trinajstić information content (AvgIpc) is 3.16. The molecule has 2 amide bonds. The predicted molar refractivity (Wildman–Crippen MR) is 140 cm³/mol. The number of halogens is 1. The summed E-state index contributed by atoms with van der Waals surface area (Å²) in [5, 5.41) is 21.2. The lowest BCUT2D eigenvalue weighted by atomic mass is 9.59. The zero-order valence-electron chi connectivity index (χ0n) is 20.6. The lowest BCUT2D eigenvalue weighted by Gasteiger charge is -2.42. The monoisotopic (exact) mass is 544 g/mol. The van der Waals surface area contributed by atoms with E-state index >= 15 is 0 Å². The van der Waals surface area contributed by atoms with Gasteiger partial charge in [0.2, 0.25) is 11.8 Å². The van der Waals surface area contributed by atoms with Crippen LogP contribution in [-0.2, 0) is 19.2 Å². The van der Waals surface area contributed by atoms with E-state index < -0.39 is 40.4 Å². The lowest BCUT2D eigenvalue weighted by Crippen LogP contribution is -2.39. The van der Waals surface area contributed by atoms with Gasteiger partial charge in [0.25, 0.3) is 5.69 Å². The van der Waals surface area contributed by atoms with E-state index in [9.17, 15) is 34.4 Å². The first-order valence-electron chi connectivity index (χ1n) is 12.4. The summed E-state index contributed by atoms with van der Waals surface area (Å²) in [5.41, 5.74) is 2.27. The van der Waals surface area contributed by atoms with Crippen molar-refractivity contribution in [2.24, 2.45) is 17.8 Å². The predicted octanol–water partition coefficient (Wildman–Crippen LogP) is 4.59. The molecule has 2 aromatic carbocycles. The summed E-state index contributed by atoms with van der Waals surface area (Å²) in [5.74, 6) is -4.22. The maximum atomic E-state index is 13.8. The van der Waals surface area contributed by atoms with E-state index in [1.165, 1.54) is 42.5 Å². The third kappa shape index (κ3) is 3.68. The largest absolute Gasteiger partial charge is 0.508 e. The summed E-state index contributed by atoms with van der Waals surface area (Å²) >= 11 is 6.55. The number of ketones is 2. The number of phenolic OH excluding ortho intramolecular Hbond substituents is 1. The van der Waals surface area contributed by atoms with Gasteiger partial charge in [-0.15, -0.1) is 0 Å². The van der Waals surface area contributed by atoms with Gasteiger partial charge in [-0.25, -0.2) is 0 Å². The van der Waals surface area contributed by atoms with Crippen LogP contribution in [0.3, 0.4) is 0 Å². The topological polar surface area (TPSA) is 135 Å². The Kier molecular flexibility index (Phi) is 5.65. The Bertz CT molecular complexity index is 1620. The van der Waals surface area contributed by atoms with Crippen molar-refractivity contribution >= 4 is 46.4 Å². The molecule has 4 aliphatic rings. The lowest BCUT2D eigenvalue weighted by molar-refractivity contribution is -0.384. The fraction of sp³-hybridized carbons (Fsp3) is 0.241. The van der Waals surface area contributed by atoms with Gasteiger partial charge in [0, 0.05) is 39.8 Å². The number of amides is 2. The van der Waals surface area contributed by atoms with Crippen LogP contribution in [0, 0.1) is 27.9 Å². The molecule has 0 radical (unpaired) electrons. The number of fused-ring (bicyclic) bond motifs is 3. The molecule has 2 aromatic rings. The molecule has 10 heteroatoms. The van der Waals surface area contributed by atoms with Crippen LogP contribution >= 0.6 is 11.6 Å². The van der Waals surface area contributed by atoms with Crippen LogP contribution in [0.25, 0.3) is 0 Å². The first-order chi connectivity index (χ1) is 18.6. The molecule has 0 bridgehead atoms. The highest BCUT2D eigenvalue weighted by atomic mass is 35.5. The number of Topliss-reactive ketones (excluding diaryl/α,β-unsaturated/α-hetero) is 1. The van der Waals surface area contributed by atoms with E-state index in [-0.39, 0.29) is 46.6 Å². The third-order valence-electron chi connectivity index (χ3n) is 8.18. The highest BCUT2D eigenvalue weighted by Gasteiger charge is 2.56. The number of nitro benzene ring substituents is 1. The van der Waals surface area contributed by atoms with Crippen molar-refractivity contribution in [1.82, 2.24) is 0 Å². The number of imide groups is 1. The fourth-order valence-electron chi connectivity index (χ4n) is 6.44. The number of nitro groups is 1. The summed E-state index contributed by atoms with van der Waals surface area (Å²) in [6.07, 6.45) is 3.54. The van der Waals surface area contributed by atoms with Crippen molar-refractivity contribution in [3.63, 3.8) is 0 Å². The number of hydrogen-bond donors (Lipinski definition) is 1. The number of allylic oxidation sites excluding steroid dienone is 6. The maximum Gasteiger partial charge on any atom is 0.269 e. The number of non-ortho nitro benzene ring substituents is 1. The van der Waals surface area contributed by atoms with E-state index in [4.69, 9.17) is 11.6 Å². The number of aromatic hydroxyl groups is 1. The number of rotatable bonds is 3. The minimum Gasteiger partial charge on any atom is -0.508 e. The second kappa shape index (κ2) is 8.84. The summed E-state index contributed by atoms with van der Waals surface area (Å²) in [7, 11) is 0. The van der Waals surface area contributed by atoms with Gasteiger partial charge in [0.1, 0.15) is 5.75 Å². The van der Waals surface area contributed by atoms with Gasteiger partial charge in [-0.3, -0.25) is 34.2 Å². The summed E-state index contributed by atoms with van der Waals surface area (Å²) < 4.78 is 0. The second-order valence-electron chi connectivity index (χ2n) is 10.2. The van der Waals surface area contributed by atoms with Crippen molar-refractivity contribution in [1.29, 1.82) is 0 Å². The van der Waals surface area contributed by atoms with E-state index in [1.54, 1.807) is 13.0 Å². The van der Waals surface area contributed by atoms with Gasteiger partial charge in [0.15, 0.2) is 11.6 Å². The molecular formula is C29H21ClN2O7. The third-order valence-corrected chi connectivity index (χ3v) is 8.51. The van der Waals surface area contributed by atoms with Gasteiger partial charge in [-0.1, -0.05) is 29.3 Å². The zero-order valence-corrected chi connectivity index (χ0v) is 21.3. The van der Waals surface area contributed by atoms with E-state index in [0.717, 1.165) is 10.5 Å². The molecule has 1 N–H and O–H groups in total. The molecule has 0 aromatic heterocycles. The van der Waals surface area contributed by atoms with Gasteiger partial charge in [-0.2, -0.15) is 0 Å². The molecular weight excluding hydrogens is 524 g/mol. The van der Waals surface area contributed by atoms with Crippen LogP contribution in [0.5, 0.6) is 5.75 Å². The molecule has 196 valence electrons. The number of hydrogen-bond acceptors (Lipinski definition) is 7. The van der Waals surface area contributed by atoms with Gasteiger partial charge >= 0.3 is 0 Å². The number of nitrogens with zero attached hydrogens (tertiary/aromatic N) is 2. The number of carbonyl (C=O) groups is 4. The highest BCUT2D eigenvalue weighted by molar-refractivity contribution is 6.32. The number of benzene rings is 2. The Balaban J connectivity index is 1.46. The molecule has 6 rings (SSSR count). The zero-order chi connectivity index (χ0) is 27.7. The van der Waals surface area contributed by atoms with E-state index in [0.29, 0.717) is 22.3 Å². The van der Waals surface area contributed by atoms with Crippen LogP contribution in [0.4, 0.5) is 11.4 Å². The Morgan fingerprint density at radius 1 is 1.03 bits per heavy atom. The Morgan fingerprint density at radius 3 is 2.41 bits per heavy atom. The smallest absolute Gasteiger partial charge is 0.269 e. The molecule has 4 unspecified atom stereocenters. The van der Waals surface area contributed by atoms with Crippen LogP contribution in [0.1, 0.15) is 31.2 Å². The molecule has 1 fully saturated rings. The number of carbonyl (C=O) groups excluding carboxylic acids is 4. The van der Waals surface area contributed by atoms with Crippen LogP contribution < -0.4 is 4.90 Å². The molecule has 0 saturated carbocycles. The quantitative estimate of drug-likeness (QED) is 0.196. The van der Waals surface area contributed by atoms with Crippen molar-refractivity contribution < 1.29 is 29.2 Å². The first kappa shape index (κ1) is 24.9. The van der Waals surface area contributed by atoms with E-state index in [1.807, 2.05) is 6.08 Å². The standard InChI is InChI=1S/C29H21ClN2O7/c1-13-10-23(34)21-12-20-17(24(26(21)27(13)35)18-7-6-16(33)11-22(18)30)8-9-19-25(20)29(37)31(28(19)36)14-2-4-15(5-3-14)32(38)39/h2-8,10-11,19-20,24-25,33H,9,12H2,1H3. The van der Waals surface area contributed by atoms with Gasteiger partial charge in [0.05, 0.1) is 22.4 Å². The van der Waals surface area contributed by atoms with Crippen molar-refractivity contribution in [2.75, 3.05) is 4.90 Å². The Labute approximate surface area is 227 Å². The van der Waals surface area contributed by atoms with Crippen LogP contribution in [0.15, 0.2) is 76.9 Å².